The van der Waals surface area contributed by atoms with Crippen molar-refractivity contribution in [3.63, 3.8) is 0 Å². The van der Waals surface area contributed by atoms with E-state index < -0.39 is 0 Å². The van der Waals surface area contributed by atoms with E-state index in [-0.39, 0.29) is 0 Å². The van der Waals surface area contributed by atoms with Gasteiger partial charge in [0.25, 0.3) is 0 Å². The van der Waals surface area contributed by atoms with E-state index in [1.54, 1.807) is 0 Å². The molecule has 1 fully saturated rings. The number of benzene rings is 1. The third-order valence-corrected chi connectivity index (χ3v) is 4.42. The number of anilines is 2. The van der Waals surface area contributed by atoms with Gasteiger partial charge in [0.15, 0.2) is 0 Å². The molecule has 1 aliphatic rings. The van der Waals surface area contributed by atoms with Gasteiger partial charge in [-0.05, 0) is 48.3 Å². The van der Waals surface area contributed by atoms with Crippen molar-refractivity contribution >= 4 is 27.3 Å². The van der Waals surface area contributed by atoms with E-state index in [1.807, 2.05) is 12.1 Å². The molecule has 1 aromatic rings. The fourth-order valence-electron chi connectivity index (χ4n) is 3.83. The average Bonchev–Trinajstić information content (AvgIpc) is 2.17. The molecular weight excluding hydrogens is 300 g/mol. The van der Waals surface area contributed by atoms with Crippen LogP contribution in [0.25, 0.3) is 0 Å². The molecule has 2 rings (SSSR count). The van der Waals surface area contributed by atoms with Crippen LogP contribution in [0, 0.1) is 10.8 Å². The van der Waals surface area contributed by atoms with Gasteiger partial charge in [-0.15, -0.1) is 0 Å². The van der Waals surface area contributed by atoms with Crippen molar-refractivity contribution in [3.8, 4) is 0 Å². The Bertz CT molecular complexity index is 450. The van der Waals surface area contributed by atoms with Crippen LogP contribution in [0.4, 0.5) is 11.4 Å². The zero-order valence-corrected chi connectivity index (χ0v) is 14.0. The summed E-state index contributed by atoms with van der Waals surface area (Å²) in [6.45, 7) is 9.47. The lowest BCUT2D eigenvalue weighted by atomic mass is 9.63. The van der Waals surface area contributed by atoms with Gasteiger partial charge in [0.05, 0.1) is 11.4 Å². The molecule has 0 aliphatic heterocycles. The number of rotatable bonds is 2. The van der Waals surface area contributed by atoms with Crippen molar-refractivity contribution in [2.75, 3.05) is 11.1 Å². The Labute approximate surface area is 125 Å². The van der Waals surface area contributed by atoms with Gasteiger partial charge in [0.1, 0.15) is 0 Å². The molecule has 0 radical (unpaired) electrons. The van der Waals surface area contributed by atoms with Crippen LogP contribution in [0.2, 0.25) is 0 Å². The lowest BCUT2D eigenvalue weighted by Gasteiger charge is -2.45. The summed E-state index contributed by atoms with van der Waals surface area (Å²) in [5.74, 6) is 0. The number of nitrogens with one attached hydrogen (secondary N) is 1. The highest BCUT2D eigenvalue weighted by atomic mass is 79.9. The van der Waals surface area contributed by atoms with Crippen molar-refractivity contribution in [2.24, 2.45) is 10.8 Å². The molecule has 0 spiro atoms. The smallest absolute Gasteiger partial charge is 0.0576 e. The molecule has 3 heteroatoms. The summed E-state index contributed by atoms with van der Waals surface area (Å²) in [6.07, 6.45) is 3.69. The molecule has 106 valence electrons. The molecule has 0 atom stereocenters. The van der Waals surface area contributed by atoms with Crippen LogP contribution in [0.15, 0.2) is 22.7 Å². The van der Waals surface area contributed by atoms with E-state index in [9.17, 15) is 0 Å². The maximum atomic E-state index is 6.08. The van der Waals surface area contributed by atoms with Crippen molar-refractivity contribution in [1.82, 2.24) is 0 Å². The van der Waals surface area contributed by atoms with Crippen LogP contribution in [0.5, 0.6) is 0 Å². The van der Waals surface area contributed by atoms with Crippen molar-refractivity contribution < 1.29 is 0 Å². The summed E-state index contributed by atoms with van der Waals surface area (Å²) in [5, 5.41) is 3.64. The van der Waals surface area contributed by atoms with Crippen LogP contribution in [0.3, 0.4) is 0 Å². The predicted molar refractivity (Wildman–Crippen MR) is 87.4 cm³/mol. The van der Waals surface area contributed by atoms with E-state index in [2.05, 4.69) is 55.0 Å². The van der Waals surface area contributed by atoms with Crippen LogP contribution < -0.4 is 11.1 Å². The number of halogens is 1. The lowest BCUT2D eigenvalue weighted by molar-refractivity contribution is 0.105. The Hall–Kier alpha value is -0.700. The SMILES string of the molecule is CC1(C)CC(Nc2ccc(Br)cc2N)CC(C)(C)C1. The molecule has 1 aromatic carbocycles. The molecule has 1 aliphatic carbocycles. The second kappa shape index (κ2) is 5.01. The van der Waals surface area contributed by atoms with Crippen molar-refractivity contribution in [2.45, 2.75) is 53.0 Å². The third-order valence-electron chi connectivity index (χ3n) is 3.93. The van der Waals surface area contributed by atoms with Crippen LogP contribution in [0.1, 0.15) is 47.0 Å². The highest BCUT2D eigenvalue weighted by Crippen LogP contribution is 2.46. The van der Waals surface area contributed by atoms with Crippen LogP contribution in [-0.2, 0) is 0 Å². The quantitative estimate of drug-likeness (QED) is 0.747. The zero-order valence-electron chi connectivity index (χ0n) is 12.4. The standard InChI is InChI=1S/C16H25BrN2/c1-15(2)8-12(9-16(3,4)10-15)19-14-6-5-11(17)7-13(14)18/h5-7,12,19H,8-10,18H2,1-4H3. The normalized spacial score (nSPS) is 22.2. The van der Waals surface area contributed by atoms with Gasteiger partial charge in [-0.1, -0.05) is 43.6 Å². The Morgan fingerprint density at radius 3 is 2.26 bits per heavy atom. The topological polar surface area (TPSA) is 38.0 Å². The molecule has 0 saturated heterocycles. The maximum Gasteiger partial charge on any atom is 0.0576 e. The van der Waals surface area contributed by atoms with Gasteiger partial charge in [-0.3, -0.25) is 0 Å². The lowest BCUT2D eigenvalue weighted by Crippen LogP contribution is -2.40. The van der Waals surface area contributed by atoms with Gasteiger partial charge in [0, 0.05) is 10.5 Å². The molecule has 0 aromatic heterocycles. The first kappa shape index (κ1) is 14.7. The van der Waals surface area contributed by atoms with E-state index in [0.717, 1.165) is 15.8 Å². The molecular formula is C16H25BrN2. The van der Waals surface area contributed by atoms with Crippen LogP contribution >= 0.6 is 15.9 Å². The minimum atomic E-state index is 0.392. The largest absolute Gasteiger partial charge is 0.397 e. The second-order valence-corrected chi connectivity index (χ2v) is 8.40. The summed E-state index contributed by atoms with van der Waals surface area (Å²) in [7, 11) is 0. The van der Waals surface area contributed by atoms with E-state index in [0.29, 0.717) is 16.9 Å². The highest BCUT2D eigenvalue weighted by molar-refractivity contribution is 9.10. The number of nitrogens with two attached hydrogens (primary N) is 1. The minimum absolute atomic E-state index is 0.392. The molecule has 3 N–H and O–H groups in total. The van der Waals surface area contributed by atoms with Gasteiger partial charge in [-0.2, -0.15) is 0 Å². The summed E-state index contributed by atoms with van der Waals surface area (Å²) < 4.78 is 1.03. The Balaban J connectivity index is 2.14. The molecule has 0 amide bonds. The number of nitrogen functional groups attached to an aromatic ring is 1. The molecule has 1 saturated carbocycles. The number of hydrogen-bond donors (Lipinski definition) is 2. The predicted octanol–water partition coefficient (Wildman–Crippen LogP) is 5.05. The minimum Gasteiger partial charge on any atom is -0.397 e. The van der Waals surface area contributed by atoms with E-state index in [4.69, 9.17) is 5.73 Å². The summed E-state index contributed by atoms with van der Waals surface area (Å²) in [5.41, 5.74) is 8.74. The second-order valence-electron chi connectivity index (χ2n) is 7.49. The zero-order chi connectivity index (χ0) is 14.3. The first-order chi connectivity index (χ1) is 8.67. The number of hydrogen-bond acceptors (Lipinski definition) is 2. The van der Waals surface area contributed by atoms with Gasteiger partial charge >= 0.3 is 0 Å². The maximum absolute atomic E-state index is 6.08. The van der Waals surface area contributed by atoms with E-state index >= 15 is 0 Å². The van der Waals surface area contributed by atoms with Gasteiger partial charge < -0.3 is 11.1 Å². The van der Waals surface area contributed by atoms with Gasteiger partial charge in [-0.25, -0.2) is 0 Å². The Morgan fingerprint density at radius 1 is 1.16 bits per heavy atom. The fourth-order valence-corrected chi connectivity index (χ4v) is 4.21. The summed E-state index contributed by atoms with van der Waals surface area (Å²) in [4.78, 5) is 0. The molecule has 19 heavy (non-hydrogen) atoms. The summed E-state index contributed by atoms with van der Waals surface area (Å²) in [6, 6.07) is 6.56. The average molecular weight is 325 g/mol. The Morgan fingerprint density at radius 2 is 1.74 bits per heavy atom. The summed E-state index contributed by atoms with van der Waals surface area (Å²) >= 11 is 3.45. The van der Waals surface area contributed by atoms with Gasteiger partial charge in [0.2, 0.25) is 0 Å². The molecule has 0 unspecified atom stereocenters. The Kier molecular flexibility index (Phi) is 3.87. The molecule has 0 heterocycles. The van der Waals surface area contributed by atoms with Crippen molar-refractivity contribution in [1.29, 1.82) is 0 Å². The first-order valence-corrected chi connectivity index (χ1v) is 7.78. The third kappa shape index (κ3) is 3.88. The molecule has 0 bridgehead atoms. The van der Waals surface area contributed by atoms with Crippen LogP contribution in [-0.4, -0.2) is 6.04 Å². The first-order valence-electron chi connectivity index (χ1n) is 6.99. The highest BCUT2D eigenvalue weighted by Gasteiger charge is 2.38. The monoisotopic (exact) mass is 324 g/mol. The van der Waals surface area contributed by atoms with Crippen molar-refractivity contribution in [3.05, 3.63) is 22.7 Å². The van der Waals surface area contributed by atoms with E-state index in [1.165, 1.54) is 19.3 Å². The molecule has 2 nitrogen and oxygen atoms in total. The fraction of sp³-hybridized carbons (Fsp3) is 0.625.